The number of carbonyl (C=O) groups is 1. The molecule has 2 fully saturated rings. The molecule has 0 unspecified atom stereocenters. The first-order valence-electron chi connectivity index (χ1n) is 11.2. The van der Waals surface area contributed by atoms with Gasteiger partial charge in [0, 0.05) is 6.42 Å². The predicted octanol–water partition coefficient (Wildman–Crippen LogP) is -2.75. The minimum Gasteiger partial charge on any atom is -0.504 e. The first kappa shape index (κ1) is 28.4. The number of ether oxygens (including phenoxy) is 4. The van der Waals surface area contributed by atoms with Gasteiger partial charge in [-0.1, -0.05) is 12.1 Å². The fourth-order valence-electron chi connectivity index (χ4n) is 4.29. The maximum absolute atomic E-state index is 12.8. The molecule has 0 saturated carbocycles. The van der Waals surface area contributed by atoms with Gasteiger partial charge in [-0.2, -0.15) is 0 Å². The number of aliphatic hydroxyl groups excluding tert-OH is 7. The van der Waals surface area contributed by atoms with Gasteiger partial charge >= 0.3 is 0 Å². The average molecular weight is 516 g/mol. The molecule has 2 saturated heterocycles. The SMILES string of the molecule is COc1cc(/C=C/C(=O)C[C@H]2[C@H](O)[C@@H](CO)O[C@@]2(CO)O[C@H]2O[C@H](CO)[C@@H](O)[C@H](O)[C@H]2O)ccc1O. The van der Waals surface area contributed by atoms with Crippen molar-refractivity contribution < 1.29 is 64.6 Å². The lowest BCUT2D eigenvalue weighted by Gasteiger charge is -2.44. The number of allylic oxidation sites excluding steroid dienone is 1. The second-order valence-electron chi connectivity index (χ2n) is 8.66. The molecule has 0 aliphatic carbocycles. The van der Waals surface area contributed by atoms with Gasteiger partial charge in [-0.05, 0) is 23.8 Å². The molecule has 13 heteroatoms. The number of phenols is 1. The third-order valence-electron chi connectivity index (χ3n) is 6.36. The predicted molar refractivity (Wildman–Crippen MR) is 119 cm³/mol. The van der Waals surface area contributed by atoms with E-state index < -0.39 is 86.6 Å². The van der Waals surface area contributed by atoms with Crippen LogP contribution in [0.3, 0.4) is 0 Å². The van der Waals surface area contributed by atoms with Crippen LogP contribution in [-0.2, 0) is 19.0 Å². The van der Waals surface area contributed by atoms with Crippen molar-refractivity contribution in [3.63, 3.8) is 0 Å². The molecule has 0 amide bonds. The fraction of sp³-hybridized carbons (Fsp3) is 0.609. The quantitative estimate of drug-likeness (QED) is 0.148. The van der Waals surface area contributed by atoms with E-state index in [9.17, 15) is 45.6 Å². The van der Waals surface area contributed by atoms with Crippen LogP contribution >= 0.6 is 0 Å². The molecule has 0 aromatic heterocycles. The number of aromatic hydroxyl groups is 1. The van der Waals surface area contributed by atoms with Gasteiger partial charge in [0.1, 0.15) is 30.5 Å². The third kappa shape index (κ3) is 5.70. The van der Waals surface area contributed by atoms with Crippen molar-refractivity contribution in [3.8, 4) is 11.5 Å². The second-order valence-corrected chi connectivity index (χ2v) is 8.66. The van der Waals surface area contributed by atoms with Crippen molar-refractivity contribution in [1.29, 1.82) is 0 Å². The van der Waals surface area contributed by atoms with Crippen LogP contribution in [0.5, 0.6) is 11.5 Å². The van der Waals surface area contributed by atoms with Crippen LogP contribution in [0.25, 0.3) is 6.08 Å². The molecule has 0 radical (unpaired) electrons. The molecule has 202 valence electrons. The highest BCUT2D eigenvalue weighted by atomic mass is 16.8. The number of phenolic OH excluding ortho intramolecular Hbond substituents is 1. The maximum atomic E-state index is 12.8. The molecule has 36 heavy (non-hydrogen) atoms. The monoisotopic (exact) mass is 516 g/mol. The highest BCUT2D eigenvalue weighted by Gasteiger charge is 2.58. The Balaban J connectivity index is 1.81. The summed E-state index contributed by atoms with van der Waals surface area (Å²) in [6.07, 6.45) is -8.83. The van der Waals surface area contributed by atoms with Crippen molar-refractivity contribution in [1.82, 2.24) is 0 Å². The van der Waals surface area contributed by atoms with Gasteiger partial charge in [0.05, 0.1) is 39.0 Å². The Hall–Kier alpha value is -2.17. The molecule has 8 N–H and O–H groups in total. The van der Waals surface area contributed by atoms with Crippen LogP contribution < -0.4 is 4.74 Å². The van der Waals surface area contributed by atoms with E-state index in [1.54, 1.807) is 0 Å². The average Bonchev–Trinajstić information content (AvgIpc) is 3.14. The van der Waals surface area contributed by atoms with Crippen molar-refractivity contribution in [2.24, 2.45) is 5.92 Å². The smallest absolute Gasteiger partial charge is 0.200 e. The van der Waals surface area contributed by atoms with Gasteiger partial charge in [0.25, 0.3) is 0 Å². The summed E-state index contributed by atoms with van der Waals surface area (Å²) in [5.41, 5.74) is 0.528. The van der Waals surface area contributed by atoms with E-state index >= 15 is 0 Å². The molecule has 0 spiro atoms. The van der Waals surface area contributed by atoms with E-state index in [0.717, 1.165) is 0 Å². The highest BCUT2D eigenvalue weighted by Crippen LogP contribution is 2.42. The van der Waals surface area contributed by atoms with Crippen LogP contribution in [0.2, 0.25) is 0 Å². The number of hydrogen-bond acceptors (Lipinski definition) is 13. The van der Waals surface area contributed by atoms with E-state index in [4.69, 9.17) is 18.9 Å². The van der Waals surface area contributed by atoms with Crippen LogP contribution in [0.1, 0.15) is 12.0 Å². The van der Waals surface area contributed by atoms with E-state index in [1.807, 2.05) is 0 Å². The lowest BCUT2D eigenvalue weighted by atomic mass is 9.88. The lowest BCUT2D eigenvalue weighted by molar-refractivity contribution is -0.379. The number of hydrogen-bond donors (Lipinski definition) is 8. The van der Waals surface area contributed by atoms with Crippen molar-refractivity contribution in [2.45, 2.75) is 55.1 Å². The number of rotatable bonds is 10. The summed E-state index contributed by atoms with van der Waals surface area (Å²) < 4.78 is 21.6. The Bertz CT molecular complexity index is 921. The zero-order valence-electron chi connectivity index (χ0n) is 19.5. The number of benzene rings is 1. The van der Waals surface area contributed by atoms with Gasteiger partial charge in [0.15, 0.2) is 23.6 Å². The molecule has 2 aliphatic heterocycles. The maximum Gasteiger partial charge on any atom is 0.200 e. The fourth-order valence-corrected chi connectivity index (χ4v) is 4.29. The molecule has 9 atom stereocenters. The summed E-state index contributed by atoms with van der Waals surface area (Å²) in [7, 11) is 1.37. The molecule has 13 nitrogen and oxygen atoms in total. The van der Waals surface area contributed by atoms with Gasteiger partial charge in [-0.15, -0.1) is 0 Å². The van der Waals surface area contributed by atoms with Crippen LogP contribution in [0, 0.1) is 5.92 Å². The molecule has 2 aliphatic rings. The molecular weight excluding hydrogens is 484 g/mol. The largest absolute Gasteiger partial charge is 0.504 e. The Morgan fingerprint density at radius 3 is 2.33 bits per heavy atom. The minimum absolute atomic E-state index is 0.0830. The molecule has 1 aromatic rings. The molecule has 1 aromatic carbocycles. The van der Waals surface area contributed by atoms with Gasteiger partial charge in [0.2, 0.25) is 5.79 Å². The van der Waals surface area contributed by atoms with E-state index in [2.05, 4.69) is 0 Å². The first-order chi connectivity index (χ1) is 17.1. The van der Waals surface area contributed by atoms with E-state index in [0.29, 0.717) is 5.56 Å². The van der Waals surface area contributed by atoms with Gasteiger partial charge in [-0.25, -0.2) is 0 Å². The molecule has 2 heterocycles. The topological polar surface area (TPSA) is 216 Å². The number of carbonyl (C=O) groups excluding carboxylic acids is 1. The van der Waals surface area contributed by atoms with Crippen LogP contribution in [0.4, 0.5) is 0 Å². The highest BCUT2D eigenvalue weighted by molar-refractivity contribution is 5.93. The zero-order valence-corrected chi connectivity index (χ0v) is 19.5. The number of aliphatic hydroxyl groups is 7. The number of ketones is 1. The van der Waals surface area contributed by atoms with Crippen LogP contribution in [-0.4, -0.2) is 122 Å². The summed E-state index contributed by atoms with van der Waals surface area (Å²) in [5.74, 6) is -3.81. The first-order valence-corrected chi connectivity index (χ1v) is 11.2. The lowest BCUT2D eigenvalue weighted by Crippen LogP contribution is -2.62. The minimum atomic E-state index is -2.15. The Morgan fingerprint density at radius 1 is 1.03 bits per heavy atom. The van der Waals surface area contributed by atoms with Crippen LogP contribution in [0.15, 0.2) is 24.3 Å². The summed E-state index contributed by atoms with van der Waals surface area (Å²) in [6, 6.07) is 4.42. The van der Waals surface area contributed by atoms with E-state index in [-0.39, 0.29) is 11.5 Å². The van der Waals surface area contributed by atoms with Gasteiger partial charge < -0.3 is 59.8 Å². The Labute approximate surface area is 206 Å². The summed E-state index contributed by atoms with van der Waals surface area (Å²) in [5, 5.41) is 79.9. The zero-order chi connectivity index (χ0) is 26.6. The van der Waals surface area contributed by atoms with Crippen molar-refractivity contribution >= 4 is 11.9 Å². The van der Waals surface area contributed by atoms with Gasteiger partial charge in [-0.3, -0.25) is 4.79 Å². The normalized spacial score (nSPS) is 36.9. The third-order valence-corrected chi connectivity index (χ3v) is 6.36. The summed E-state index contributed by atoms with van der Waals surface area (Å²) >= 11 is 0. The molecule has 0 bridgehead atoms. The van der Waals surface area contributed by atoms with Crippen molar-refractivity contribution in [3.05, 3.63) is 29.8 Å². The number of methoxy groups -OCH3 is 1. The standard InChI is InChI=1S/C23H32O13/c1-33-15-6-11(3-5-14(15)28)2-4-12(27)7-13-18(29)17(9-25)35-23(13,10-26)36-22-21(32)20(31)19(30)16(8-24)34-22/h2-6,13,16-22,24-26,28-32H,7-10H2,1H3/b4-2+/t13-,16+,17+,18-,19+,20-,21+,22+,23-/m0/s1. The summed E-state index contributed by atoms with van der Waals surface area (Å²) in [4.78, 5) is 12.8. The Morgan fingerprint density at radius 2 is 1.72 bits per heavy atom. The Kier molecular flexibility index (Phi) is 9.40. The second kappa shape index (κ2) is 11.9. The van der Waals surface area contributed by atoms with E-state index in [1.165, 1.54) is 37.5 Å². The summed E-state index contributed by atoms with van der Waals surface area (Å²) in [6.45, 7) is -2.35. The molecular formula is C23H32O13. The van der Waals surface area contributed by atoms with Crippen molar-refractivity contribution in [2.75, 3.05) is 26.9 Å². The molecule has 3 rings (SSSR count).